The standard InChI is InChI=1S/C14H10BrFN2S/c15-10-4-5-13-12(7-10)18-14(19-13)17-8-9-2-1-3-11(16)6-9/h1-7H,8H2,(H,17,18). The van der Waals surface area contributed by atoms with Crippen molar-refractivity contribution in [2.75, 3.05) is 5.32 Å². The van der Waals surface area contributed by atoms with Crippen LogP contribution < -0.4 is 5.32 Å². The molecule has 19 heavy (non-hydrogen) atoms. The number of anilines is 1. The molecule has 0 saturated heterocycles. The van der Waals surface area contributed by atoms with E-state index in [0.717, 1.165) is 25.4 Å². The number of rotatable bonds is 3. The van der Waals surface area contributed by atoms with Gasteiger partial charge in [0.05, 0.1) is 10.2 Å². The van der Waals surface area contributed by atoms with Crippen molar-refractivity contribution in [1.29, 1.82) is 0 Å². The van der Waals surface area contributed by atoms with Gasteiger partial charge in [0.1, 0.15) is 5.82 Å². The number of fused-ring (bicyclic) bond motifs is 1. The van der Waals surface area contributed by atoms with E-state index in [1.54, 1.807) is 17.4 Å². The molecule has 0 radical (unpaired) electrons. The minimum Gasteiger partial charge on any atom is -0.357 e. The van der Waals surface area contributed by atoms with Crippen LogP contribution in [0.1, 0.15) is 5.56 Å². The van der Waals surface area contributed by atoms with Gasteiger partial charge in [0, 0.05) is 11.0 Å². The fourth-order valence-electron chi connectivity index (χ4n) is 1.80. The van der Waals surface area contributed by atoms with Crippen molar-refractivity contribution in [3.05, 3.63) is 58.3 Å². The zero-order chi connectivity index (χ0) is 13.2. The van der Waals surface area contributed by atoms with Crippen LogP contribution in [0.3, 0.4) is 0 Å². The number of nitrogens with zero attached hydrogens (tertiary/aromatic N) is 1. The summed E-state index contributed by atoms with van der Waals surface area (Å²) in [5.41, 5.74) is 1.86. The highest BCUT2D eigenvalue weighted by atomic mass is 79.9. The van der Waals surface area contributed by atoms with Gasteiger partial charge in [0.15, 0.2) is 5.13 Å². The minimum absolute atomic E-state index is 0.215. The Kier molecular flexibility index (Phi) is 3.48. The average Bonchev–Trinajstić information content (AvgIpc) is 2.78. The van der Waals surface area contributed by atoms with Crippen molar-refractivity contribution < 1.29 is 4.39 Å². The third-order valence-corrected chi connectivity index (χ3v) is 4.17. The quantitative estimate of drug-likeness (QED) is 0.742. The molecule has 3 aromatic rings. The molecule has 0 aliphatic heterocycles. The Bertz CT molecular complexity index is 726. The minimum atomic E-state index is -0.215. The van der Waals surface area contributed by atoms with Gasteiger partial charge in [0.25, 0.3) is 0 Å². The highest BCUT2D eigenvalue weighted by molar-refractivity contribution is 9.10. The molecule has 96 valence electrons. The topological polar surface area (TPSA) is 24.9 Å². The van der Waals surface area contributed by atoms with Gasteiger partial charge in [-0.1, -0.05) is 39.4 Å². The van der Waals surface area contributed by atoms with Crippen molar-refractivity contribution in [1.82, 2.24) is 4.98 Å². The van der Waals surface area contributed by atoms with E-state index < -0.39 is 0 Å². The molecule has 0 fully saturated rings. The predicted octanol–water partition coefficient (Wildman–Crippen LogP) is 4.81. The highest BCUT2D eigenvalue weighted by Gasteiger charge is 2.04. The van der Waals surface area contributed by atoms with E-state index in [2.05, 4.69) is 26.2 Å². The molecule has 0 amide bonds. The van der Waals surface area contributed by atoms with Crippen molar-refractivity contribution >= 4 is 42.6 Å². The van der Waals surface area contributed by atoms with Gasteiger partial charge in [0.2, 0.25) is 0 Å². The van der Waals surface area contributed by atoms with Crippen molar-refractivity contribution in [2.24, 2.45) is 0 Å². The van der Waals surface area contributed by atoms with E-state index in [1.165, 1.54) is 12.1 Å². The van der Waals surface area contributed by atoms with Gasteiger partial charge in [-0.25, -0.2) is 9.37 Å². The highest BCUT2D eigenvalue weighted by Crippen LogP contribution is 2.28. The number of halogens is 2. The summed E-state index contributed by atoms with van der Waals surface area (Å²) in [6.45, 7) is 0.568. The summed E-state index contributed by atoms with van der Waals surface area (Å²) < 4.78 is 15.2. The monoisotopic (exact) mass is 336 g/mol. The number of aromatic nitrogens is 1. The third-order valence-electron chi connectivity index (χ3n) is 2.68. The maximum absolute atomic E-state index is 13.1. The smallest absolute Gasteiger partial charge is 0.184 e. The van der Waals surface area contributed by atoms with Crippen molar-refractivity contribution in [2.45, 2.75) is 6.54 Å². The molecule has 0 aliphatic rings. The van der Waals surface area contributed by atoms with Gasteiger partial charge in [-0.2, -0.15) is 0 Å². The van der Waals surface area contributed by atoms with E-state index in [4.69, 9.17) is 0 Å². The molecule has 3 rings (SSSR count). The Hall–Kier alpha value is -1.46. The van der Waals surface area contributed by atoms with E-state index >= 15 is 0 Å². The Balaban J connectivity index is 1.78. The van der Waals surface area contributed by atoms with Crippen LogP contribution in [0.25, 0.3) is 10.2 Å². The summed E-state index contributed by atoms with van der Waals surface area (Å²) in [4.78, 5) is 4.49. The molecular formula is C14H10BrFN2S. The first-order valence-electron chi connectivity index (χ1n) is 5.75. The molecule has 0 atom stereocenters. The van der Waals surface area contributed by atoms with Gasteiger partial charge >= 0.3 is 0 Å². The summed E-state index contributed by atoms with van der Waals surface area (Å²) in [6.07, 6.45) is 0. The normalized spacial score (nSPS) is 10.8. The van der Waals surface area contributed by atoms with E-state index in [9.17, 15) is 4.39 Å². The van der Waals surface area contributed by atoms with Gasteiger partial charge in [-0.05, 0) is 35.9 Å². The molecule has 0 spiro atoms. The fraction of sp³-hybridized carbons (Fsp3) is 0.0714. The molecule has 0 aliphatic carbocycles. The number of thiazole rings is 1. The Morgan fingerprint density at radius 1 is 1.21 bits per heavy atom. The van der Waals surface area contributed by atoms with Crippen LogP contribution in [-0.4, -0.2) is 4.98 Å². The summed E-state index contributed by atoms with van der Waals surface area (Å²) >= 11 is 5.02. The lowest BCUT2D eigenvalue weighted by Crippen LogP contribution is -1.98. The molecule has 0 bridgehead atoms. The van der Waals surface area contributed by atoms with E-state index in [1.807, 2.05) is 24.3 Å². The molecule has 0 saturated carbocycles. The third kappa shape index (κ3) is 2.93. The first kappa shape index (κ1) is 12.6. The van der Waals surface area contributed by atoms with Crippen LogP contribution in [0.15, 0.2) is 46.9 Å². The molecule has 1 heterocycles. The molecule has 1 N–H and O–H groups in total. The maximum atomic E-state index is 13.1. The summed E-state index contributed by atoms with van der Waals surface area (Å²) in [5.74, 6) is -0.215. The second-order valence-corrected chi connectivity index (χ2v) is 6.06. The lowest BCUT2D eigenvalue weighted by molar-refractivity contribution is 0.626. The fourth-order valence-corrected chi connectivity index (χ4v) is 2.99. The second kappa shape index (κ2) is 5.27. The zero-order valence-electron chi connectivity index (χ0n) is 9.86. The van der Waals surface area contributed by atoms with E-state index in [-0.39, 0.29) is 5.82 Å². The van der Waals surface area contributed by atoms with Crippen LogP contribution >= 0.6 is 27.3 Å². The predicted molar refractivity (Wildman–Crippen MR) is 81.0 cm³/mol. The Morgan fingerprint density at radius 2 is 2.11 bits per heavy atom. The van der Waals surface area contributed by atoms with Crippen LogP contribution in [0.4, 0.5) is 9.52 Å². The molecule has 1 aromatic heterocycles. The van der Waals surface area contributed by atoms with Crippen molar-refractivity contribution in [3.63, 3.8) is 0 Å². The van der Waals surface area contributed by atoms with Crippen LogP contribution in [0, 0.1) is 5.82 Å². The SMILES string of the molecule is Fc1cccc(CNc2nc3cc(Br)ccc3s2)c1. The zero-order valence-corrected chi connectivity index (χ0v) is 12.3. The van der Waals surface area contributed by atoms with Crippen molar-refractivity contribution in [3.8, 4) is 0 Å². The maximum Gasteiger partial charge on any atom is 0.184 e. The second-order valence-electron chi connectivity index (χ2n) is 4.11. The molecule has 2 nitrogen and oxygen atoms in total. The molecule has 0 unspecified atom stereocenters. The van der Waals surface area contributed by atoms with Crippen LogP contribution in [0.2, 0.25) is 0 Å². The van der Waals surface area contributed by atoms with E-state index in [0.29, 0.717) is 6.54 Å². The summed E-state index contributed by atoms with van der Waals surface area (Å²) in [6, 6.07) is 12.6. The van der Waals surface area contributed by atoms with Crippen LogP contribution in [0.5, 0.6) is 0 Å². The first-order valence-corrected chi connectivity index (χ1v) is 7.36. The van der Waals surface area contributed by atoms with Gasteiger partial charge in [-0.3, -0.25) is 0 Å². The molecule has 5 heteroatoms. The average molecular weight is 337 g/mol. The largest absolute Gasteiger partial charge is 0.357 e. The first-order chi connectivity index (χ1) is 9.20. The number of nitrogens with one attached hydrogen (secondary N) is 1. The number of hydrogen-bond donors (Lipinski definition) is 1. The lowest BCUT2D eigenvalue weighted by atomic mass is 10.2. The number of hydrogen-bond acceptors (Lipinski definition) is 3. The number of benzene rings is 2. The summed E-state index contributed by atoms with van der Waals surface area (Å²) in [5, 5.41) is 4.07. The molecule has 2 aromatic carbocycles. The van der Waals surface area contributed by atoms with Crippen LogP contribution in [-0.2, 0) is 6.54 Å². The summed E-state index contributed by atoms with van der Waals surface area (Å²) in [7, 11) is 0. The Labute approximate surface area is 122 Å². The molecular weight excluding hydrogens is 327 g/mol. The van der Waals surface area contributed by atoms with Gasteiger partial charge < -0.3 is 5.32 Å². The Morgan fingerprint density at radius 3 is 2.95 bits per heavy atom. The van der Waals surface area contributed by atoms with Gasteiger partial charge in [-0.15, -0.1) is 0 Å². The lowest BCUT2D eigenvalue weighted by Gasteiger charge is -2.02.